The topological polar surface area (TPSA) is 38.9 Å². The lowest BCUT2D eigenvalue weighted by Gasteiger charge is -2.05. The Balaban J connectivity index is 2.05. The van der Waals surface area contributed by atoms with Gasteiger partial charge in [0.05, 0.1) is 5.03 Å². The van der Waals surface area contributed by atoms with Crippen molar-refractivity contribution >= 4 is 17.6 Å². The van der Waals surface area contributed by atoms with Crippen molar-refractivity contribution in [2.75, 3.05) is 5.73 Å². The van der Waals surface area contributed by atoms with Gasteiger partial charge < -0.3 is 5.73 Å². The van der Waals surface area contributed by atoms with E-state index in [0.717, 1.165) is 10.8 Å². The highest BCUT2D eigenvalue weighted by atomic mass is 32.2. The maximum Gasteiger partial charge on any atom is 0.124 e. The van der Waals surface area contributed by atoms with Crippen LogP contribution in [0.25, 0.3) is 0 Å². The van der Waals surface area contributed by atoms with E-state index in [-0.39, 0.29) is 0 Å². The van der Waals surface area contributed by atoms with Crippen molar-refractivity contribution in [1.82, 2.24) is 4.98 Å². The van der Waals surface area contributed by atoms with E-state index in [9.17, 15) is 0 Å². The van der Waals surface area contributed by atoms with Crippen LogP contribution in [0.5, 0.6) is 0 Å². The fourth-order valence-corrected chi connectivity index (χ4v) is 2.41. The Morgan fingerprint density at radius 1 is 1.12 bits per heavy atom. The molecule has 82 valence electrons. The largest absolute Gasteiger partial charge is 0.384 e. The van der Waals surface area contributed by atoms with Crippen molar-refractivity contribution in [3.8, 4) is 0 Å². The molecule has 0 bridgehead atoms. The van der Waals surface area contributed by atoms with Crippen LogP contribution in [0.15, 0.2) is 47.5 Å². The SMILES string of the molecule is Cc1ccccc1CSc1cccc(N)n1. The summed E-state index contributed by atoms with van der Waals surface area (Å²) >= 11 is 1.71. The van der Waals surface area contributed by atoms with Gasteiger partial charge in [-0.05, 0) is 30.2 Å². The maximum atomic E-state index is 5.63. The van der Waals surface area contributed by atoms with E-state index < -0.39 is 0 Å². The summed E-state index contributed by atoms with van der Waals surface area (Å²) < 4.78 is 0. The highest BCUT2D eigenvalue weighted by molar-refractivity contribution is 7.98. The Kier molecular flexibility index (Phi) is 3.47. The zero-order valence-corrected chi connectivity index (χ0v) is 10.00. The van der Waals surface area contributed by atoms with E-state index in [1.165, 1.54) is 11.1 Å². The molecule has 2 nitrogen and oxygen atoms in total. The van der Waals surface area contributed by atoms with Crippen molar-refractivity contribution in [1.29, 1.82) is 0 Å². The highest BCUT2D eigenvalue weighted by Gasteiger charge is 2.00. The molecule has 1 aromatic carbocycles. The molecule has 0 fully saturated rings. The molecule has 3 heteroatoms. The maximum absolute atomic E-state index is 5.63. The first-order chi connectivity index (χ1) is 7.75. The summed E-state index contributed by atoms with van der Waals surface area (Å²) in [6.07, 6.45) is 0. The van der Waals surface area contributed by atoms with Gasteiger partial charge in [-0.25, -0.2) is 4.98 Å². The molecule has 2 aromatic rings. The number of aryl methyl sites for hydroxylation is 1. The minimum absolute atomic E-state index is 0.579. The van der Waals surface area contributed by atoms with E-state index in [1.54, 1.807) is 17.8 Å². The third-order valence-corrected chi connectivity index (χ3v) is 3.36. The summed E-state index contributed by atoms with van der Waals surface area (Å²) in [5.74, 6) is 1.51. The number of aromatic nitrogens is 1. The van der Waals surface area contributed by atoms with Crippen LogP contribution in [0, 0.1) is 6.92 Å². The zero-order valence-electron chi connectivity index (χ0n) is 9.18. The van der Waals surface area contributed by atoms with E-state index in [2.05, 4.69) is 36.2 Å². The van der Waals surface area contributed by atoms with Crippen molar-refractivity contribution < 1.29 is 0 Å². The van der Waals surface area contributed by atoms with Crippen LogP contribution in [0.4, 0.5) is 5.82 Å². The molecule has 16 heavy (non-hydrogen) atoms. The number of nitrogens with zero attached hydrogens (tertiary/aromatic N) is 1. The van der Waals surface area contributed by atoms with Gasteiger partial charge in [0.25, 0.3) is 0 Å². The number of rotatable bonds is 3. The van der Waals surface area contributed by atoms with E-state index in [4.69, 9.17) is 5.73 Å². The third kappa shape index (κ3) is 2.76. The summed E-state index contributed by atoms with van der Waals surface area (Å²) in [7, 11) is 0. The van der Waals surface area contributed by atoms with Gasteiger partial charge in [0.1, 0.15) is 5.82 Å². The number of benzene rings is 1. The minimum Gasteiger partial charge on any atom is -0.384 e. The summed E-state index contributed by atoms with van der Waals surface area (Å²) in [6, 6.07) is 14.1. The van der Waals surface area contributed by atoms with Crippen molar-refractivity contribution in [3.05, 3.63) is 53.6 Å². The smallest absolute Gasteiger partial charge is 0.124 e. The molecule has 0 unspecified atom stereocenters. The van der Waals surface area contributed by atoms with Gasteiger partial charge in [0.15, 0.2) is 0 Å². The van der Waals surface area contributed by atoms with Gasteiger partial charge >= 0.3 is 0 Å². The van der Waals surface area contributed by atoms with E-state index in [0.29, 0.717) is 5.82 Å². The second-order valence-electron chi connectivity index (χ2n) is 3.62. The summed E-state index contributed by atoms with van der Waals surface area (Å²) in [4.78, 5) is 4.26. The summed E-state index contributed by atoms with van der Waals surface area (Å²) in [5, 5.41) is 0.975. The predicted molar refractivity (Wildman–Crippen MR) is 69.4 cm³/mol. The molecule has 0 atom stereocenters. The fourth-order valence-electron chi connectivity index (χ4n) is 1.43. The zero-order chi connectivity index (χ0) is 11.4. The van der Waals surface area contributed by atoms with Crippen molar-refractivity contribution in [2.24, 2.45) is 0 Å². The first-order valence-corrected chi connectivity index (χ1v) is 6.14. The number of pyridine rings is 1. The summed E-state index contributed by atoms with van der Waals surface area (Å²) in [6.45, 7) is 2.13. The van der Waals surface area contributed by atoms with Crippen molar-refractivity contribution in [2.45, 2.75) is 17.7 Å². The fraction of sp³-hybridized carbons (Fsp3) is 0.154. The van der Waals surface area contributed by atoms with Crippen LogP contribution in [0.3, 0.4) is 0 Å². The molecule has 0 saturated heterocycles. The Labute approximate surface area is 99.9 Å². The van der Waals surface area contributed by atoms with Gasteiger partial charge in [-0.1, -0.05) is 30.3 Å². The number of anilines is 1. The van der Waals surface area contributed by atoms with E-state index >= 15 is 0 Å². The number of hydrogen-bond donors (Lipinski definition) is 1. The average Bonchev–Trinajstić information content (AvgIpc) is 2.28. The molecule has 0 spiro atoms. The second-order valence-corrected chi connectivity index (χ2v) is 4.61. The third-order valence-electron chi connectivity index (χ3n) is 2.38. The Hall–Kier alpha value is -1.48. The van der Waals surface area contributed by atoms with Gasteiger partial charge in [-0.2, -0.15) is 0 Å². The normalized spacial score (nSPS) is 10.3. The molecule has 0 saturated carbocycles. The van der Waals surface area contributed by atoms with Crippen LogP contribution >= 0.6 is 11.8 Å². The molecular formula is C13H14N2S. The molecule has 2 rings (SSSR count). The first-order valence-electron chi connectivity index (χ1n) is 5.15. The molecule has 0 radical (unpaired) electrons. The monoisotopic (exact) mass is 230 g/mol. The van der Waals surface area contributed by atoms with Crippen LogP contribution in [-0.2, 0) is 5.75 Å². The highest BCUT2D eigenvalue weighted by Crippen LogP contribution is 2.22. The van der Waals surface area contributed by atoms with E-state index in [1.807, 2.05) is 12.1 Å². The van der Waals surface area contributed by atoms with Gasteiger partial charge in [-0.15, -0.1) is 11.8 Å². The van der Waals surface area contributed by atoms with Crippen LogP contribution in [0.2, 0.25) is 0 Å². The predicted octanol–water partition coefficient (Wildman–Crippen LogP) is 3.26. The Morgan fingerprint density at radius 3 is 2.69 bits per heavy atom. The number of hydrogen-bond acceptors (Lipinski definition) is 3. The lowest BCUT2D eigenvalue weighted by Crippen LogP contribution is -1.91. The molecule has 0 aliphatic carbocycles. The summed E-state index contributed by atoms with van der Waals surface area (Å²) in [5.41, 5.74) is 8.30. The number of nitrogens with two attached hydrogens (primary N) is 1. The van der Waals surface area contributed by atoms with Gasteiger partial charge in [0, 0.05) is 5.75 Å². The molecular weight excluding hydrogens is 216 g/mol. The first kappa shape index (κ1) is 11.0. The molecule has 1 heterocycles. The number of thioether (sulfide) groups is 1. The lowest BCUT2D eigenvalue weighted by molar-refractivity contribution is 1.14. The molecule has 2 N–H and O–H groups in total. The van der Waals surface area contributed by atoms with Crippen LogP contribution in [-0.4, -0.2) is 4.98 Å². The van der Waals surface area contributed by atoms with Crippen LogP contribution in [0.1, 0.15) is 11.1 Å². The standard InChI is InChI=1S/C13H14N2S/c1-10-5-2-3-6-11(10)9-16-13-8-4-7-12(14)15-13/h2-8H,9H2,1H3,(H2,14,15). The average molecular weight is 230 g/mol. The molecule has 0 aliphatic rings. The Bertz CT molecular complexity index is 483. The second kappa shape index (κ2) is 5.03. The van der Waals surface area contributed by atoms with Crippen LogP contribution < -0.4 is 5.73 Å². The van der Waals surface area contributed by atoms with Crippen molar-refractivity contribution in [3.63, 3.8) is 0 Å². The number of nitrogen functional groups attached to an aromatic ring is 1. The lowest BCUT2D eigenvalue weighted by atomic mass is 10.1. The molecule has 0 amide bonds. The Morgan fingerprint density at radius 2 is 1.94 bits per heavy atom. The molecule has 1 aromatic heterocycles. The minimum atomic E-state index is 0.579. The molecule has 0 aliphatic heterocycles. The quantitative estimate of drug-likeness (QED) is 0.822. The van der Waals surface area contributed by atoms with Gasteiger partial charge in [0.2, 0.25) is 0 Å². The van der Waals surface area contributed by atoms with Gasteiger partial charge in [-0.3, -0.25) is 0 Å².